The van der Waals surface area contributed by atoms with Gasteiger partial charge in [0.1, 0.15) is 0 Å². The van der Waals surface area contributed by atoms with Gasteiger partial charge < -0.3 is 4.90 Å². The maximum Gasteiger partial charge on any atom is 0.222 e. The van der Waals surface area contributed by atoms with Gasteiger partial charge in [-0.15, -0.1) is 0 Å². The average Bonchev–Trinajstić information content (AvgIpc) is 2.56. The van der Waals surface area contributed by atoms with Crippen LogP contribution >= 0.6 is 11.8 Å². The number of amides is 1. The van der Waals surface area contributed by atoms with E-state index in [4.69, 9.17) is 0 Å². The van der Waals surface area contributed by atoms with Crippen molar-refractivity contribution in [2.75, 3.05) is 44.7 Å². The molecule has 0 aromatic heterocycles. The second-order valence-electron chi connectivity index (χ2n) is 5.59. The fourth-order valence-electron chi connectivity index (χ4n) is 2.61. The van der Waals surface area contributed by atoms with Crippen LogP contribution in [0.5, 0.6) is 0 Å². The third-order valence-electron chi connectivity index (χ3n) is 3.94. The Morgan fingerprint density at radius 2 is 1.91 bits per heavy atom. The molecular weight excluding hydrogens is 292 g/mol. The Kier molecular flexibility index (Phi) is 7.54. The van der Waals surface area contributed by atoms with Crippen molar-refractivity contribution < 1.29 is 4.79 Å². The molecule has 4 heteroatoms. The van der Waals surface area contributed by atoms with Gasteiger partial charge in [0.15, 0.2) is 0 Å². The van der Waals surface area contributed by atoms with Gasteiger partial charge in [0.05, 0.1) is 0 Å². The molecule has 1 saturated heterocycles. The summed E-state index contributed by atoms with van der Waals surface area (Å²) in [6, 6.07) is 10.4. The Morgan fingerprint density at radius 1 is 1.18 bits per heavy atom. The van der Waals surface area contributed by atoms with E-state index in [1.165, 1.54) is 5.56 Å². The maximum absolute atomic E-state index is 12.1. The molecular formula is C18H26N2OS. The number of hydrogen-bond acceptors (Lipinski definition) is 3. The van der Waals surface area contributed by atoms with Crippen molar-refractivity contribution >= 4 is 23.7 Å². The highest BCUT2D eigenvalue weighted by molar-refractivity contribution is 7.98. The molecule has 0 saturated carbocycles. The van der Waals surface area contributed by atoms with Crippen LogP contribution in [0.3, 0.4) is 0 Å². The van der Waals surface area contributed by atoms with E-state index in [1.807, 2.05) is 22.7 Å². The van der Waals surface area contributed by atoms with Crippen LogP contribution in [-0.2, 0) is 4.79 Å². The predicted molar refractivity (Wildman–Crippen MR) is 96.1 cm³/mol. The molecule has 0 bridgehead atoms. The van der Waals surface area contributed by atoms with Gasteiger partial charge in [0.25, 0.3) is 0 Å². The Bertz CT molecular complexity index is 467. The van der Waals surface area contributed by atoms with Gasteiger partial charge in [-0.3, -0.25) is 9.69 Å². The number of rotatable bonds is 7. The van der Waals surface area contributed by atoms with Gasteiger partial charge >= 0.3 is 0 Å². The summed E-state index contributed by atoms with van der Waals surface area (Å²) in [4.78, 5) is 16.5. The molecule has 120 valence electrons. The van der Waals surface area contributed by atoms with Crippen molar-refractivity contribution in [3.8, 4) is 0 Å². The molecule has 0 spiro atoms. The van der Waals surface area contributed by atoms with Crippen molar-refractivity contribution in [1.82, 2.24) is 9.80 Å². The third kappa shape index (κ3) is 5.85. The standard InChI is InChI=1S/C18H26N2OS/c1-22-16-6-10-18(21)20-14-12-19(13-15-20)11-5-9-17-7-3-2-4-8-17/h2-5,7-9H,6,10-16H2,1H3/b9-5+. The molecule has 1 aliphatic rings. The molecule has 3 nitrogen and oxygen atoms in total. The van der Waals surface area contributed by atoms with E-state index < -0.39 is 0 Å². The van der Waals surface area contributed by atoms with Gasteiger partial charge in [-0.2, -0.15) is 11.8 Å². The minimum atomic E-state index is 0.327. The second kappa shape index (κ2) is 9.70. The number of hydrogen-bond donors (Lipinski definition) is 0. The minimum absolute atomic E-state index is 0.327. The molecule has 1 heterocycles. The van der Waals surface area contributed by atoms with E-state index in [0.717, 1.165) is 44.9 Å². The first kappa shape index (κ1) is 17.1. The van der Waals surface area contributed by atoms with Crippen molar-refractivity contribution in [3.63, 3.8) is 0 Å². The molecule has 22 heavy (non-hydrogen) atoms. The topological polar surface area (TPSA) is 23.6 Å². The van der Waals surface area contributed by atoms with Gasteiger partial charge in [-0.1, -0.05) is 42.5 Å². The molecule has 1 amide bonds. The normalized spacial score (nSPS) is 16.3. The number of piperazine rings is 1. The lowest BCUT2D eigenvalue weighted by Gasteiger charge is -2.34. The lowest BCUT2D eigenvalue weighted by atomic mass is 10.2. The van der Waals surface area contributed by atoms with Crippen LogP contribution in [0.25, 0.3) is 6.08 Å². The van der Waals surface area contributed by atoms with E-state index in [2.05, 4.69) is 47.6 Å². The average molecular weight is 318 g/mol. The molecule has 0 atom stereocenters. The van der Waals surface area contributed by atoms with Crippen molar-refractivity contribution in [1.29, 1.82) is 0 Å². The Morgan fingerprint density at radius 3 is 2.59 bits per heavy atom. The SMILES string of the molecule is CSCCCC(=O)N1CCN(C/C=C/c2ccccc2)CC1. The van der Waals surface area contributed by atoms with Crippen LogP contribution in [-0.4, -0.2) is 60.4 Å². The fraction of sp³-hybridized carbons (Fsp3) is 0.500. The largest absolute Gasteiger partial charge is 0.340 e. The van der Waals surface area contributed by atoms with Crippen LogP contribution in [0.15, 0.2) is 36.4 Å². The summed E-state index contributed by atoms with van der Waals surface area (Å²) >= 11 is 1.81. The summed E-state index contributed by atoms with van der Waals surface area (Å²) in [5.41, 5.74) is 1.24. The van der Waals surface area contributed by atoms with E-state index in [1.54, 1.807) is 0 Å². The minimum Gasteiger partial charge on any atom is -0.340 e. The number of nitrogens with zero attached hydrogens (tertiary/aromatic N) is 2. The Hall–Kier alpha value is -1.26. The summed E-state index contributed by atoms with van der Waals surface area (Å²) in [5, 5.41) is 0. The molecule has 1 aromatic rings. The fourth-order valence-corrected chi connectivity index (χ4v) is 3.04. The van der Waals surface area contributed by atoms with Crippen LogP contribution in [0.1, 0.15) is 18.4 Å². The zero-order chi connectivity index (χ0) is 15.6. The lowest BCUT2D eigenvalue weighted by molar-refractivity contribution is -0.132. The molecule has 1 fully saturated rings. The van der Waals surface area contributed by atoms with Crippen LogP contribution < -0.4 is 0 Å². The van der Waals surface area contributed by atoms with Crippen LogP contribution in [0.2, 0.25) is 0 Å². The summed E-state index contributed by atoms with van der Waals surface area (Å²) in [7, 11) is 0. The quantitative estimate of drug-likeness (QED) is 0.722. The Balaban J connectivity index is 1.66. The third-order valence-corrected chi connectivity index (χ3v) is 4.63. The number of benzene rings is 1. The number of carbonyl (C=O) groups is 1. The highest BCUT2D eigenvalue weighted by Gasteiger charge is 2.19. The summed E-state index contributed by atoms with van der Waals surface area (Å²) in [6.07, 6.45) is 8.17. The predicted octanol–water partition coefficient (Wildman–Crippen LogP) is 2.99. The number of thioether (sulfide) groups is 1. The molecule has 0 aliphatic carbocycles. The highest BCUT2D eigenvalue weighted by Crippen LogP contribution is 2.08. The number of carbonyl (C=O) groups excluding carboxylic acids is 1. The molecule has 0 N–H and O–H groups in total. The highest BCUT2D eigenvalue weighted by atomic mass is 32.2. The van der Waals surface area contributed by atoms with Gasteiger partial charge in [-0.25, -0.2) is 0 Å². The van der Waals surface area contributed by atoms with Crippen LogP contribution in [0, 0.1) is 0 Å². The molecule has 1 aliphatic heterocycles. The first-order valence-electron chi connectivity index (χ1n) is 8.00. The summed E-state index contributed by atoms with van der Waals surface area (Å²) < 4.78 is 0. The van der Waals surface area contributed by atoms with Gasteiger partial charge in [-0.05, 0) is 24.0 Å². The van der Waals surface area contributed by atoms with E-state index in [9.17, 15) is 4.79 Å². The molecule has 0 radical (unpaired) electrons. The molecule has 2 rings (SSSR count). The van der Waals surface area contributed by atoms with E-state index in [0.29, 0.717) is 12.3 Å². The smallest absolute Gasteiger partial charge is 0.222 e. The first-order chi connectivity index (χ1) is 10.8. The zero-order valence-corrected chi connectivity index (χ0v) is 14.2. The zero-order valence-electron chi connectivity index (χ0n) is 13.4. The first-order valence-corrected chi connectivity index (χ1v) is 9.39. The van der Waals surface area contributed by atoms with E-state index >= 15 is 0 Å². The monoisotopic (exact) mass is 318 g/mol. The summed E-state index contributed by atoms with van der Waals surface area (Å²) in [6.45, 7) is 4.67. The maximum atomic E-state index is 12.1. The van der Waals surface area contributed by atoms with E-state index in [-0.39, 0.29) is 0 Å². The summed E-state index contributed by atoms with van der Waals surface area (Å²) in [5.74, 6) is 1.41. The molecule has 1 aromatic carbocycles. The van der Waals surface area contributed by atoms with Crippen molar-refractivity contribution in [2.45, 2.75) is 12.8 Å². The Labute approximate surface area is 138 Å². The lowest BCUT2D eigenvalue weighted by Crippen LogP contribution is -2.48. The second-order valence-corrected chi connectivity index (χ2v) is 6.58. The van der Waals surface area contributed by atoms with Gasteiger partial charge in [0, 0.05) is 39.1 Å². The van der Waals surface area contributed by atoms with Gasteiger partial charge in [0.2, 0.25) is 5.91 Å². The van der Waals surface area contributed by atoms with Crippen molar-refractivity contribution in [2.24, 2.45) is 0 Å². The van der Waals surface area contributed by atoms with Crippen LogP contribution in [0.4, 0.5) is 0 Å². The molecule has 0 unspecified atom stereocenters. The van der Waals surface area contributed by atoms with Crippen molar-refractivity contribution in [3.05, 3.63) is 42.0 Å².